The van der Waals surface area contributed by atoms with Gasteiger partial charge in [-0.15, -0.1) is 0 Å². The van der Waals surface area contributed by atoms with E-state index in [1.165, 1.54) is 7.11 Å². The average Bonchev–Trinajstić information content (AvgIpc) is 2.96. The van der Waals surface area contributed by atoms with Crippen LogP contribution in [0.15, 0.2) is 48.5 Å². The summed E-state index contributed by atoms with van der Waals surface area (Å²) in [6.45, 7) is 11.2. The molecule has 0 aromatic heterocycles. The van der Waals surface area contributed by atoms with E-state index >= 15 is 0 Å². The molecule has 9 nitrogen and oxygen atoms in total. The number of hydrogen-bond acceptors (Lipinski definition) is 6. The van der Waals surface area contributed by atoms with Gasteiger partial charge < -0.3 is 25.0 Å². The molecule has 2 atom stereocenters. The van der Waals surface area contributed by atoms with E-state index in [2.05, 4.69) is 17.6 Å². The fraction of sp³-hybridized carbons (Fsp3) is 0.543. The fourth-order valence-electron chi connectivity index (χ4n) is 5.14. The summed E-state index contributed by atoms with van der Waals surface area (Å²) in [5.41, 5.74) is 2.44. The molecule has 3 amide bonds. The van der Waals surface area contributed by atoms with Gasteiger partial charge in [0.1, 0.15) is 24.2 Å². The summed E-state index contributed by atoms with van der Waals surface area (Å²) < 4.78 is 10.3. The zero-order valence-electron chi connectivity index (χ0n) is 27.5. The second-order valence-corrected chi connectivity index (χ2v) is 12.2. The van der Waals surface area contributed by atoms with Crippen LogP contribution in [0.25, 0.3) is 0 Å². The van der Waals surface area contributed by atoms with Gasteiger partial charge in [0.25, 0.3) is 0 Å². The largest absolute Gasteiger partial charge is 0.468 e. The molecule has 0 spiro atoms. The van der Waals surface area contributed by atoms with E-state index in [9.17, 15) is 19.2 Å². The molecule has 0 aliphatic heterocycles. The quantitative estimate of drug-likeness (QED) is 0.179. The molecule has 0 saturated heterocycles. The number of ether oxygens (including phenoxy) is 2. The topological polar surface area (TPSA) is 114 Å². The Hall–Kier alpha value is -3.88. The van der Waals surface area contributed by atoms with Crippen LogP contribution >= 0.6 is 0 Å². The van der Waals surface area contributed by atoms with Gasteiger partial charge in [-0.2, -0.15) is 0 Å². The Kier molecular flexibility index (Phi) is 14.9. The Morgan fingerprint density at radius 2 is 1.48 bits per heavy atom. The number of benzene rings is 2. The number of nitrogens with one attached hydrogen (secondary N) is 2. The summed E-state index contributed by atoms with van der Waals surface area (Å²) in [5, 5.41) is 5.48. The van der Waals surface area contributed by atoms with Gasteiger partial charge in [0, 0.05) is 13.0 Å². The van der Waals surface area contributed by atoms with E-state index in [-0.39, 0.29) is 19.5 Å². The van der Waals surface area contributed by atoms with Gasteiger partial charge in [0.05, 0.1) is 7.11 Å². The Morgan fingerprint density at radius 1 is 0.864 bits per heavy atom. The van der Waals surface area contributed by atoms with E-state index in [1.54, 1.807) is 25.7 Å². The van der Waals surface area contributed by atoms with Crippen molar-refractivity contribution in [2.75, 3.05) is 20.2 Å². The van der Waals surface area contributed by atoms with Crippen LogP contribution in [0.4, 0.5) is 4.79 Å². The standard InChI is InChI=1S/C35H51N3O6/c1-8-9-10-11-12-16-22-38(31(32(40)36-24-29(39)43-7)30-25(2)18-17-19-26(30)3)33(41)28(23-27-20-14-13-15-21-27)37-34(42)44-35(4,5)6/h13-15,17-21,28,31H,8-12,16,22-24H2,1-7H3,(H,36,40)(H,37,42). The highest BCUT2D eigenvalue weighted by Crippen LogP contribution is 2.29. The smallest absolute Gasteiger partial charge is 0.408 e. The summed E-state index contributed by atoms with van der Waals surface area (Å²) in [6.07, 6.45) is 5.42. The first-order chi connectivity index (χ1) is 20.9. The molecule has 0 aliphatic rings. The van der Waals surface area contributed by atoms with Gasteiger partial charge in [-0.25, -0.2) is 4.79 Å². The van der Waals surface area contributed by atoms with Crippen molar-refractivity contribution >= 4 is 23.9 Å². The molecular formula is C35H51N3O6. The summed E-state index contributed by atoms with van der Waals surface area (Å²) in [4.78, 5) is 55.1. The van der Waals surface area contributed by atoms with Crippen molar-refractivity contribution in [3.05, 3.63) is 70.8 Å². The number of hydrogen-bond donors (Lipinski definition) is 2. The van der Waals surface area contributed by atoms with Crippen LogP contribution in [0.3, 0.4) is 0 Å². The lowest BCUT2D eigenvalue weighted by atomic mass is 9.93. The molecule has 2 aromatic rings. The maximum absolute atomic E-state index is 14.6. The molecule has 2 unspecified atom stereocenters. The number of methoxy groups -OCH3 is 1. The van der Waals surface area contributed by atoms with Gasteiger partial charge in [-0.1, -0.05) is 87.6 Å². The normalized spacial score (nSPS) is 12.5. The number of esters is 1. The Labute approximate surface area is 263 Å². The molecular weight excluding hydrogens is 558 g/mol. The maximum atomic E-state index is 14.6. The number of rotatable bonds is 16. The molecule has 2 aromatic carbocycles. The van der Waals surface area contributed by atoms with Gasteiger partial charge in [0.15, 0.2) is 0 Å². The van der Waals surface area contributed by atoms with Crippen molar-refractivity contribution in [2.24, 2.45) is 0 Å². The number of carbonyl (C=O) groups is 4. The van der Waals surface area contributed by atoms with Crippen molar-refractivity contribution in [1.29, 1.82) is 0 Å². The molecule has 0 saturated carbocycles. The third-order valence-electron chi connectivity index (χ3n) is 7.32. The predicted octanol–water partition coefficient (Wildman–Crippen LogP) is 5.96. The lowest BCUT2D eigenvalue weighted by Gasteiger charge is -2.36. The van der Waals surface area contributed by atoms with Crippen LogP contribution in [0.1, 0.15) is 94.5 Å². The lowest BCUT2D eigenvalue weighted by Crippen LogP contribution is -2.54. The van der Waals surface area contributed by atoms with E-state index in [4.69, 9.17) is 9.47 Å². The maximum Gasteiger partial charge on any atom is 0.408 e. The number of nitrogens with zero attached hydrogens (tertiary/aromatic N) is 1. The van der Waals surface area contributed by atoms with Crippen LogP contribution < -0.4 is 10.6 Å². The minimum Gasteiger partial charge on any atom is -0.468 e. The Balaban J connectivity index is 2.59. The van der Waals surface area contributed by atoms with Crippen molar-refractivity contribution in [3.63, 3.8) is 0 Å². The van der Waals surface area contributed by atoms with Crippen LogP contribution in [0.2, 0.25) is 0 Å². The number of amides is 3. The van der Waals surface area contributed by atoms with Crippen molar-refractivity contribution in [3.8, 4) is 0 Å². The summed E-state index contributed by atoms with van der Waals surface area (Å²) in [7, 11) is 1.25. The van der Waals surface area contributed by atoms with Gasteiger partial charge in [-0.05, 0) is 63.3 Å². The zero-order valence-corrected chi connectivity index (χ0v) is 27.5. The molecule has 0 aliphatic carbocycles. The van der Waals surface area contributed by atoms with Crippen molar-refractivity contribution in [2.45, 2.75) is 104 Å². The lowest BCUT2D eigenvalue weighted by molar-refractivity contribution is -0.144. The predicted molar refractivity (Wildman–Crippen MR) is 172 cm³/mol. The minimum absolute atomic E-state index is 0.204. The first-order valence-corrected chi connectivity index (χ1v) is 15.6. The zero-order chi connectivity index (χ0) is 32.7. The fourth-order valence-corrected chi connectivity index (χ4v) is 5.14. The Morgan fingerprint density at radius 3 is 2.07 bits per heavy atom. The highest BCUT2D eigenvalue weighted by atomic mass is 16.6. The highest BCUT2D eigenvalue weighted by molar-refractivity contribution is 5.93. The minimum atomic E-state index is -1.04. The second kappa shape index (κ2) is 18.0. The summed E-state index contributed by atoms with van der Waals surface area (Å²) in [6, 6.07) is 13.1. The molecule has 0 fully saturated rings. The van der Waals surface area contributed by atoms with Gasteiger partial charge in [0.2, 0.25) is 11.8 Å². The third-order valence-corrected chi connectivity index (χ3v) is 7.32. The second-order valence-electron chi connectivity index (χ2n) is 12.2. The molecule has 2 rings (SSSR count). The molecule has 0 radical (unpaired) electrons. The van der Waals surface area contributed by atoms with Gasteiger partial charge in [-0.3, -0.25) is 14.4 Å². The van der Waals surface area contributed by atoms with Crippen LogP contribution in [0.5, 0.6) is 0 Å². The highest BCUT2D eigenvalue weighted by Gasteiger charge is 2.37. The van der Waals surface area contributed by atoms with E-state index in [0.29, 0.717) is 12.0 Å². The van der Waals surface area contributed by atoms with Gasteiger partial charge >= 0.3 is 12.1 Å². The molecule has 0 bridgehead atoms. The number of unbranched alkanes of at least 4 members (excludes halogenated alkanes) is 5. The summed E-state index contributed by atoms with van der Waals surface area (Å²) >= 11 is 0. The van der Waals surface area contributed by atoms with Crippen molar-refractivity contribution in [1.82, 2.24) is 15.5 Å². The van der Waals surface area contributed by atoms with Crippen LogP contribution in [-0.2, 0) is 30.3 Å². The first-order valence-electron chi connectivity index (χ1n) is 15.6. The van der Waals surface area contributed by atoms with Crippen LogP contribution in [0, 0.1) is 13.8 Å². The Bertz CT molecular complexity index is 1200. The molecule has 0 heterocycles. The van der Waals surface area contributed by atoms with E-state index < -0.39 is 41.6 Å². The SMILES string of the molecule is CCCCCCCCN(C(=O)C(Cc1ccccc1)NC(=O)OC(C)(C)C)C(C(=O)NCC(=O)OC)c1c(C)cccc1C. The molecule has 242 valence electrons. The monoisotopic (exact) mass is 609 g/mol. The molecule has 44 heavy (non-hydrogen) atoms. The van der Waals surface area contributed by atoms with Crippen molar-refractivity contribution < 1.29 is 28.7 Å². The van der Waals surface area contributed by atoms with E-state index in [0.717, 1.165) is 48.8 Å². The number of alkyl carbamates (subject to hydrolysis) is 1. The van der Waals surface area contributed by atoms with Crippen LogP contribution in [-0.4, -0.2) is 60.6 Å². The number of carbonyl (C=O) groups excluding carboxylic acids is 4. The molecule has 2 N–H and O–H groups in total. The molecule has 9 heteroatoms. The third kappa shape index (κ3) is 12.0. The summed E-state index contributed by atoms with van der Waals surface area (Å²) in [5.74, 6) is -1.50. The first kappa shape index (κ1) is 36.3. The average molecular weight is 610 g/mol. The van der Waals surface area contributed by atoms with E-state index in [1.807, 2.05) is 62.4 Å². The number of aryl methyl sites for hydroxylation is 2.